The number of likely N-dealkylation sites (tertiary alicyclic amines) is 1. The van der Waals surface area contributed by atoms with E-state index >= 15 is 0 Å². The van der Waals surface area contributed by atoms with Gasteiger partial charge in [0.15, 0.2) is 0 Å². The van der Waals surface area contributed by atoms with E-state index in [1.54, 1.807) is 6.20 Å². The van der Waals surface area contributed by atoms with Crippen molar-refractivity contribution in [3.8, 4) is 0 Å². The molecule has 1 saturated heterocycles. The first-order valence-corrected chi connectivity index (χ1v) is 11.6. The second-order valence-corrected chi connectivity index (χ2v) is 10.0. The molecule has 174 valence electrons. The summed E-state index contributed by atoms with van der Waals surface area (Å²) < 4.78 is 1.93. The molecule has 3 amide bonds. The molecule has 1 aliphatic heterocycles. The Kier molecular flexibility index (Phi) is 6.67. The minimum absolute atomic E-state index is 0.0243. The molecule has 0 atom stereocenters. The lowest BCUT2D eigenvalue weighted by Crippen LogP contribution is -2.39. The third-order valence-electron chi connectivity index (χ3n) is 6.08. The minimum Gasteiger partial charge on any atom is -0.343 e. The van der Waals surface area contributed by atoms with Crippen LogP contribution in [-0.2, 0) is 11.3 Å². The van der Waals surface area contributed by atoms with Crippen LogP contribution in [-0.4, -0.2) is 39.3 Å². The van der Waals surface area contributed by atoms with E-state index in [2.05, 4.69) is 48.5 Å². The largest absolute Gasteiger partial charge is 0.343 e. The number of piperidine rings is 1. The minimum atomic E-state index is -0.239. The summed E-state index contributed by atoms with van der Waals surface area (Å²) in [6.45, 7) is 8.37. The molecule has 1 aromatic carbocycles. The van der Waals surface area contributed by atoms with Crippen LogP contribution in [0.15, 0.2) is 55.0 Å². The molecule has 4 rings (SSSR count). The Balaban J connectivity index is 1.24. The molecule has 33 heavy (non-hydrogen) atoms. The predicted octanol–water partition coefficient (Wildman–Crippen LogP) is 4.80. The van der Waals surface area contributed by atoms with Crippen LogP contribution < -0.4 is 10.6 Å². The summed E-state index contributed by atoms with van der Waals surface area (Å²) in [5.74, 6) is 0.709. The van der Waals surface area contributed by atoms with Crippen molar-refractivity contribution >= 4 is 23.3 Å². The second-order valence-electron chi connectivity index (χ2n) is 10.0. The number of carbonyl (C=O) groups excluding carboxylic acids is 2. The molecule has 0 bridgehead atoms. The topological polar surface area (TPSA) is 78.7 Å². The predicted molar refractivity (Wildman–Crippen MR) is 130 cm³/mol. The highest BCUT2D eigenvalue weighted by Gasteiger charge is 2.26. The Morgan fingerprint density at radius 3 is 2.48 bits per heavy atom. The number of benzene rings is 1. The van der Waals surface area contributed by atoms with Crippen LogP contribution in [0.1, 0.15) is 57.1 Å². The van der Waals surface area contributed by atoms with Crippen LogP contribution in [0.2, 0.25) is 0 Å². The van der Waals surface area contributed by atoms with Crippen LogP contribution in [0.4, 0.5) is 10.5 Å². The zero-order valence-electron chi connectivity index (χ0n) is 19.7. The molecule has 0 spiro atoms. The molecule has 3 heterocycles. The number of nitrogens with one attached hydrogen (secondary N) is 2. The maximum Gasteiger partial charge on any atom is 0.319 e. The smallest absolute Gasteiger partial charge is 0.319 e. The molecule has 2 N–H and O–H groups in total. The SMILES string of the molecule is CC(C)(C)CC(=O)N1CCC(c2ccc(NC(=O)NCc3ccn4ccnc4c3)cc2)CC1. The fraction of sp³-hybridized carbons (Fsp3) is 0.423. The number of anilines is 1. The Morgan fingerprint density at radius 2 is 1.79 bits per heavy atom. The van der Waals surface area contributed by atoms with E-state index in [1.807, 2.05) is 46.0 Å². The Hall–Kier alpha value is -3.35. The molecule has 3 aromatic rings. The van der Waals surface area contributed by atoms with Gasteiger partial charge in [0.1, 0.15) is 5.65 Å². The summed E-state index contributed by atoms with van der Waals surface area (Å²) >= 11 is 0. The molecular weight excluding hydrogens is 414 g/mol. The third-order valence-corrected chi connectivity index (χ3v) is 6.08. The quantitative estimate of drug-likeness (QED) is 0.590. The van der Waals surface area contributed by atoms with Gasteiger partial charge < -0.3 is 19.9 Å². The van der Waals surface area contributed by atoms with E-state index in [1.165, 1.54) is 5.56 Å². The first-order valence-electron chi connectivity index (χ1n) is 11.6. The molecule has 0 aliphatic carbocycles. The Bertz CT molecular complexity index is 1110. The second kappa shape index (κ2) is 9.65. The van der Waals surface area contributed by atoms with Gasteiger partial charge in [-0.15, -0.1) is 0 Å². The van der Waals surface area contributed by atoms with Crippen LogP contribution >= 0.6 is 0 Å². The number of carbonyl (C=O) groups is 2. The molecule has 0 radical (unpaired) electrons. The van der Waals surface area contributed by atoms with E-state index in [0.29, 0.717) is 18.9 Å². The van der Waals surface area contributed by atoms with Gasteiger partial charge >= 0.3 is 6.03 Å². The van der Waals surface area contributed by atoms with Crippen molar-refractivity contribution in [3.05, 3.63) is 66.1 Å². The zero-order chi connectivity index (χ0) is 23.4. The summed E-state index contributed by atoms with van der Waals surface area (Å²) in [5, 5.41) is 5.78. The summed E-state index contributed by atoms with van der Waals surface area (Å²) in [6, 6.07) is 11.7. The van der Waals surface area contributed by atoms with Crippen molar-refractivity contribution in [2.24, 2.45) is 5.41 Å². The van der Waals surface area contributed by atoms with Gasteiger partial charge in [0, 0.05) is 50.3 Å². The van der Waals surface area contributed by atoms with E-state index in [-0.39, 0.29) is 17.4 Å². The number of aromatic nitrogens is 2. The first kappa shape index (κ1) is 22.8. The van der Waals surface area contributed by atoms with Gasteiger partial charge in [0.25, 0.3) is 0 Å². The molecular formula is C26H33N5O2. The summed E-state index contributed by atoms with van der Waals surface area (Å²) in [6.07, 6.45) is 8.12. The monoisotopic (exact) mass is 447 g/mol. The highest BCUT2D eigenvalue weighted by Crippen LogP contribution is 2.30. The number of nitrogens with zero attached hydrogens (tertiary/aromatic N) is 3. The molecule has 0 unspecified atom stereocenters. The molecule has 7 heteroatoms. The molecule has 1 fully saturated rings. The summed E-state index contributed by atoms with van der Waals surface area (Å²) in [5.41, 5.74) is 3.90. The van der Waals surface area contributed by atoms with Gasteiger partial charge in [-0.05, 0) is 59.6 Å². The van der Waals surface area contributed by atoms with Gasteiger partial charge in [-0.25, -0.2) is 9.78 Å². The van der Waals surface area contributed by atoms with E-state index in [0.717, 1.165) is 42.8 Å². The van der Waals surface area contributed by atoms with E-state index in [9.17, 15) is 9.59 Å². The number of fused-ring (bicyclic) bond motifs is 1. The molecule has 0 saturated carbocycles. The van der Waals surface area contributed by atoms with Gasteiger partial charge in [-0.2, -0.15) is 0 Å². The number of hydrogen-bond donors (Lipinski definition) is 2. The maximum atomic E-state index is 12.5. The van der Waals surface area contributed by atoms with Gasteiger partial charge in [-0.3, -0.25) is 4.79 Å². The first-order chi connectivity index (χ1) is 15.8. The molecule has 7 nitrogen and oxygen atoms in total. The lowest BCUT2D eigenvalue weighted by atomic mass is 9.87. The average molecular weight is 448 g/mol. The number of imidazole rings is 1. The number of urea groups is 1. The van der Waals surface area contributed by atoms with Gasteiger partial charge in [0.05, 0.1) is 0 Å². The normalized spacial score (nSPS) is 14.9. The highest BCUT2D eigenvalue weighted by molar-refractivity contribution is 5.89. The van der Waals surface area contributed by atoms with Crippen LogP contribution in [0.3, 0.4) is 0 Å². The van der Waals surface area contributed by atoms with Crippen LogP contribution in [0.25, 0.3) is 5.65 Å². The average Bonchev–Trinajstić information content (AvgIpc) is 3.25. The van der Waals surface area contributed by atoms with Crippen molar-refractivity contribution in [1.82, 2.24) is 19.6 Å². The van der Waals surface area contributed by atoms with Crippen molar-refractivity contribution < 1.29 is 9.59 Å². The number of rotatable bonds is 5. The standard InChI is InChI=1S/C26H33N5O2/c1-26(2,3)17-24(32)31-13-9-21(10-14-31)20-4-6-22(7-5-20)29-25(33)28-18-19-8-12-30-15-11-27-23(30)16-19/h4-8,11-12,15-16,21H,9-10,13-14,17-18H2,1-3H3,(H2,28,29,33). The van der Waals surface area contributed by atoms with Gasteiger partial charge in [-0.1, -0.05) is 32.9 Å². The molecule has 1 aliphatic rings. The zero-order valence-corrected chi connectivity index (χ0v) is 19.7. The lowest BCUT2D eigenvalue weighted by molar-refractivity contribution is -0.134. The van der Waals surface area contributed by atoms with Crippen molar-refractivity contribution in [2.45, 2.75) is 52.5 Å². The van der Waals surface area contributed by atoms with Crippen molar-refractivity contribution in [2.75, 3.05) is 18.4 Å². The number of pyridine rings is 1. The number of hydrogen-bond acceptors (Lipinski definition) is 3. The third kappa shape index (κ3) is 6.12. The maximum absolute atomic E-state index is 12.5. The fourth-order valence-electron chi connectivity index (χ4n) is 4.29. The summed E-state index contributed by atoms with van der Waals surface area (Å²) in [4.78, 5) is 31.0. The number of amides is 3. The summed E-state index contributed by atoms with van der Waals surface area (Å²) in [7, 11) is 0. The van der Waals surface area contributed by atoms with Gasteiger partial charge in [0.2, 0.25) is 5.91 Å². The Morgan fingerprint density at radius 1 is 1.06 bits per heavy atom. The van der Waals surface area contributed by atoms with Crippen LogP contribution in [0, 0.1) is 5.41 Å². The van der Waals surface area contributed by atoms with E-state index < -0.39 is 0 Å². The van der Waals surface area contributed by atoms with E-state index in [4.69, 9.17) is 0 Å². The fourth-order valence-corrected chi connectivity index (χ4v) is 4.29. The van der Waals surface area contributed by atoms with Crippen molar-refractivity contribution in [3.63, 3.8) is 0 Å². The van der Waals surface area contributed by atoms with Crippen LogP contribution in [0.5, 0.6) is 0 Å². The highest BCUT2D eigenvalue weighted by atomic mass is 16.2. The van der Waals surface area contributed by atoms with Crippen molar-refractivity contribution in [1.29, 1.82) is 0 Å². The molecule has 2 aromatic heterocycles. The Labute approximate surface area is 195 Å². The lowest BCUT2D eigenvalue weighted by Gasteiger charge is -2.34.